The van der Waals surface area contributed by atoms with Crippen molar-refractivity contribution in [2.45, 2.75) is 31.4 Å². The second-order valence-electron chi connectivity index (χ2n) is 6.43. The molecule has 2 aromatic carbocycles. The fourth-order valence-electron chi connectivity index (χ4n) is 3.40. The Morgan fingerprint density at radius 2 is 1.81 bits per heavy atom. The van der Waals surface area contributed by atoms with E-state index in [-0.39, 0.29) is 30.3 Å². The molecule has 2 unspecified atom stereocenters. The lowest BCUT2D eigenvalue weighted by Gasteiger charge is -2.47. The van der Waals surface area contributed by atoms with Crippen molar-refractivity contribution in [3.05, 3.63) is 71.5 Å². The van der Waals surface area contributed by atoms with Crippen LogP contribution in [0.2, 0.25) is 0 Å². The predicted octanol–water partition coefficient (Wildman–Crippen LogP) is 3.20. The van der Waals surface area contributed by atoms with Gasteiger partial charge in [0.2, 0.25) is 18.0 Å². The van der Waals surface area contributed by atoms with Crippen LogP contribution in [-0.4, -0.2) is 29.6 Å². The van der Waals surface area contributed by atoms with E-state index in [0.29, 0.717) is 18.6 Å². The molecular weight excluding hydrogens is 337 g/mol. The van der Waals surface area contributed by atoms with Crippen molar-refractivity contribution < 1.29 is 23.5 Å². The lowest BCUT2D eigenvalue weighted by molar-refractivity contribution is -0.332. The second kappa shape index (κ2) is 6.63. The molecular formula is C20H18FNO4. The Labute approximate surface area is 150 Å². The summed E-state index contributed by atoms with van der Waals surface area (Å²) in [6.07, 6.45) is 0.236. The maximum atomic E-state index is 12.9. The number of fused-ring (bicyclic) bond motifs is 1. The highest BCUT2D eigenvalue weighted by atomic mass is 19.1. The van der Waals surface area contributed by atoms with Crippen molar-refractivity contribution in [3.63, 3.8) is 0 Å². The molecule has 0 aromatic heterocycles. The molecule has 0 radical (unpaired) electrons. The summed E-state index contributed by atoms with van der Waals surface area (Å²) in [6.45, 7) is 0.307. The van der Waals surface area contributed by atoms with Crippen LogP contribution < -0.4 is 0 Å². The van der Waals surface area contributed by atoms with Crippen LogP contribution >= 0.6 is 0 Å². The summed E-state index contributed by atoms with van der Waals surface area (Å²) in [5.74, 6) is -0.583. The summed E-state index contributed by atoms with van der Waals surface area (Å²) in [6, 6.07) is 14.9. The first-order valence-electron chi connectivity index (χ1n) is 8.56. The molecule has 5 nitrogen and oxygen atoms in total. The Hall–Kier alpha value is -2.57. The minimum atomic E-state index is -0.843. The van der Waals surface area contributed by atoms with Crippen LogP contribution in [0.5, 0.6) is 0 Å². The molecule has 0 saturated carbocycles. The summed E-state index contributed by atoms with van der Waals surface area (Å²) in [7, 11) is 0. The number of hydrogen-bond donors (Lipinski definition) is 0. The quantitative estimate of drug-likeness (QED) is 0.747. The van der Waals surface area contributed by atoms with Crippen molar-refractivity contribution in [1.82, 2.24) is 4.90 Å². The normalized spacial score (nSPS) is 23.6. The van der Waals surface area contributed by atoms with Gasteiger partial charge in [-0.25, -0.2) is 4.39 Å². The van der Waals surface area contributed by atoms with Crippen molar-refractivity contribution in [3.8, 4) is 0 Å². The van der Waals surface area contributed by atoms with E-state index in [1.54, 1.807) is 4.90 Å². The van der Waals surface area contributed by atoms with E-state index < -0.39 is 12.1 Å². The number of Topliss-reactive ketones (excluding diaryl/α,β-unsaturated/α-hetero) is 1. The highest BCUT2D eigenvalue weighted by Crippen LogP contribution is 2.49. The average Bonchev–Trinajstić information content (AvgIpc) is 3.24. The van der Waals surface area contributed by atoms with Crippen LogP contribution in [0.4, 0.5) is 4.39 Å². The summed E-state index contributed by atoms with van der Waals surface area (Å²) in [5, 5.41) is 0. The van der Waals surface area contributed by atoms with Gasteiger partial charge in [0.05, 0.1) is 0 Å². The fraction of sp³-hybridized carbons (Fsp3) is 0.300. The summed E-state index contributed by atoms with van der Waals surface area (Å²) in [4.78, 5) is 26.4. The number of amides is 1. The van der Waals surface area contributed by atoms with Gasteiger partial charge in [-0.2, -0.15) is 0 Å². The highest BCUT2D eigenvalue weighted by molar-refractivity contribution is 5.96. The first kappa shape index (κ1) is 16.9. The molecule has 26 heavy (non-hydrogen) atoms. The number of carbonyl (C=O) groups is 2. The number of ketones is 1. The number of hydrogen-bond acceptors (Lipinski definition) is 4. The minimum absolute atomic E-state index is 0.102. The highest BCUT2D eigenvalue weighted by Gasteiger charge is 2.63. The molecule has 6 heteroatoms. The summed E-state index contributed by atoms with van der Waals surface area (Å²) >= 11 is 0. The zero-order chi connectivity index (χ0) is 18.1. The van der Waals surface area contributed by atoms with Crippen LogP contribution in [0.1, 0.15) is 35.2 Å². The van der Waals surface area contributed by atoms with Gasteiger partial charge in [0.15, 0.2) is 5.78 Å². The van der Waals surface area contributed by atoms with Gasteiger partial charge in [0.1, 0.15) is 12.4 Å². The molecule has 3 heterocycles. The van der Waals surface area contributed by atoms with Crippen LogP contribution in [0.3, 0.4) is 0 Å². The molecule has 3 saturated heterocycles. The van der Waals surface area contributed by atoms with Crippen LogP contribution in [0.15, 0.2) is 54.6 Å². The Balaban J connectivity index is 1.35. The van der Waals surface area contributed by atoms with Crippen LogP contribution in [0, 0.1) is 5.82 Å². The second-order valence-corrected chi connectivity index (χ2v) is 6.43. The van der Waals surface area contributed by atoms with E-state index in [0.717, 1.165) is 5.56 Å². The SMILES string of the molecule is O=C(CCCC(=O)N1C2OCC1(c1ccccc1)O2)c1ccc(F)cc1. The number of ether oxygens (including phenoxy) is 2. The maximum Gasteiger partial charge on any atom is 0.247 e. The topological polar surface area (TPSA) is 55.8 Å². The van der Waals surface area contributed by atoms with Crippen molar-refractivity contribution in [2.24, 2.45) is 0 Å². The lowest BCUT2D eigenvalue weighted by Crippen LogP contribution is -2.62. The molecule has 0 spiro atoms. The van der Waals surface area contributed by atoms with E-state index in [1.807, 2.05) is 30.3 Å². The predicted molar refractivity (Wildman–Crippen MR) is 90.4 cm³/mol. The van der Waals surface area contributed by atoms with Gasteiger partial charge in [-0.05, 0) is 30.7 Å². The number of halogens is 1. The number of rotatable bonds is 6. The molecule has 2 bridgehead atoms. The van der Waals surface area contributed by atoms with E-state index >= 15 is 0 Å². The summed E-state index contributed by atoms with van der Waals surface area (Å²) in [5.41, 5.74) is 0.490. The smallest absolute Gasteiger partial charge is 0.247 e. The van der Waals surface area contributed by atoms with Crippen molar-refractivity contribution in [2.75, 3.05) is 6.61 Å². The molecule has 1 amide bonds. The number of carbonyl (C=O) groups excluding carboxylic acids is 2. The van der Waals surface area contributed by atoms with Gasteiger partial charge in [-0.3, -0.25) is 14.5 Å². The Kier molecular flexibility index (Phi) is 4.30. The van der Waals surface area contributed by atoms with E-state index in [2.05, 4.69) is 0 Å². The third-order valence-electron chi connectivity index (χ3n) is 4.77. The zero-order valence-electron chi connectivity index (χ0n) is 14.1. The van der Waals surface area contributed by atoms with Gasteiger partial charge in [-0.1, -0.05) is 30.3 Å². The molecule has 0 N–H and O–H groups in total. The van der Waals surface area contributed by atoms with E-state index in [9.17, 15) is 14.0 Å². The molecule has 3 fully saturated rings. The lowest BCUT2D eigenvalue weighted by atomic mass is 9.99. The standard InChI is InChI=1S/C20H18FNO4/c21-16-11-9-14(10-12-16)17(23)7-4-8-18(24)22-19-25-13-20(22,26-19)15-5-2-1-3-6-15/h1-3,5-6,9-12,19H,4,7-8,13H2. The first-order valence-corrected chi connectivity index (χ1v) is 8.56. The third-order valence-corrected chi connectivity index (χ3v) is 4.77. The van der Waals surface area contributed by atoms with Gasteiger partial charge in [0.25, 0.3) is 0 Å². The Bertz CT molecular complexity index is 819. The number of benzene rings is 2. The zero-order valence-corrected chi connectivity index (χ0v) is 14.1. The van der Waals surface area contributed by atoms with Gasteiger partial charge in [0, 0.05) is 24.0 Å². The van der Waals surface area contributed by atoms with Gasteiger partial charge >= 0.3 is 0 Å². The summed E-state index contributed by atoms with van der Waals surface area (Å²) < 4.78 is 24.2. The molecule has 2 aromatic rings. The first-order chi connectivity index (χ1) is 12.6. The third kappa shape index (κ3) is 2.81. The maximum absolute atomic E-state index is 12.9. The molecule has 134 valence electrons. The number of nitrogens with zero attached hydrogens (tertiary/aromatic N) is 1. The van der Waals surface area contributed by atoms with Crippen molar-refractivity contribution in [1.29, 1.82) is 0 Å². The molecule has 3 aliphatic rings. The molecule has 2 atom stereocenters. The molecule has 3 aliphatic heterocycles. The largest absolute Gasteiger partial charge is 0.330 e. The monoisotopic (exact) mass is 355 g/mol. The molecule has 5 rings (SSSR count). The Morgan fingerprint density at radius 3 is 2.50 bits per heavy atom. The van der Waals surface area contributed by atoms with Crippen LogP contribution in [0.25, 0.3) is 0 Å². The van der Waals surface area contributed by atoms with Crippen LogP contribution in [-0.2, 0) is 20.0 Å². The van der Waals surface area contributed by atoms with E-state index in [4.69, 9.17) is 9.47 Å². The molecule has 0 aliphatic carbocycles. The van der Waals surface area contributed by atoms with Gasteiger partial charge in [-0.15, -0.1) is 0 Å². The van der Waals surface area contributed by atoms with Gasteiger partial charge < -0.3 is 9.47 Å². The fourth-order valence-corrected chi connectivity index (χ4v) is 3.40. The minimum Gasteiger partial charge on any atom is -0.330 e. The Morgan fingerprint density at radius 1 is 1.08 bits per heavy atom. The van der Waals surface area contributed by atoms with Crippen molar-refractivity contribution >= 4 is 11.7 Å². The average molecular weight is 355 g/mol. The van der Waals surface area contributed by atoms with E-state index in [1.165, 1.54) is 24.3 Å².